The molecule has 0 radical (unpaired) electrons. The summed E-state index contributed by atoms with van der Waals surface area (Å²) < 4.78 is 19.2. The number of carbonyl (C=O) groups is 2. The van der Waals surface area contributed by atoms with Gasteiger partial charge in [0.05, 0.1) is 11.1 Å². The lowest BCUT2D eigenvalue weighted by atomic mass is 10.0. The van der Waals surface area contributed by atoms with Crippen LogP contribution in [-0.2, 0) is 6.54 Å². The number of nitrogen functional groups attached to an aromatic ring is 1. The zero-order chi connectivity index (χ0) is 15.9. The SMILES string of the molecule is NC(=O)c1cc(Oc2ccc(N)cc2F)cc2c1C(=O)NC2. The molecule has 0 aromatic heterocycles. The lowest BCUT2D eigenvalue weighted by Crippen LogP contribution is -2.19. The largest absolute Gasteiger partial charge is 0.454 e. The van der Waals surface area contributed by atoms with Crippen LogP contribution < -0.4 is 21.5 Å². The van der Waals surface area contributed by atoms with Crippen LogP contribution in [0.1, 0.15) is 26.3 Å². The number of carbonyl (C=O) groups excluding carboxylic acids is 2. The minimum Gasteiger partial charge on any atom is -0.454 e. The Morgan fingerprint density at radius 2 is 2.05 bits per heavy atom. The summed E-state index contributed by atoms with van der Waals surface area (Å²) in [5.74, 6) is -1.57. The number of halogens is 1. The molecule has 1 heterocycles. The summed E-state index contributed by atoms with van der Waals surface area (Å²) in [6, 6.07) is 6.89. The number of hydrogen-bond donors (Lipinski definition) is 3. The van der Waals surface area contributed by atoms with Gasteiger partial charge in [-0.1, -0.05) is 0 Å². The highest BCUT2D eigenvalue weighted by molar-refractivity contribution is 6.09. The number of amides is 2. The molecule has 0 fully saturated rings. The van der Waals surface area contributed by atoms with Gasteiger partial charge in [-0.05, 0) is 29.8 Å². The summed E-state index contributed by atoms with van der Waals surface area (Å²) >= 11 is 0. The predicted octanol–water partition coefficient (Wildman–Crippen LogP) is 1.54. The van der Waals surface area contributed by atoms with Gasteiger partial charge in [-0.25, -0.2) is 4.39 Å². The van der Waals surface area contributed by atoms with Gasteiger partial charge in [-0.2, -0.15) is 0 Å². The van der Waals surface area contributed by atoms with Gasteiger partial charge in [0.15, 0.2) is 11.6 Å². The Morgan fingerprint density at radius 1 is 1.27 bits per heavy atom. The van der Waals surface area contributed by atoms with E-state index in [9.17, 15) is 14.0 Å². The lowest BCUT2D eigenvalue weighted by Gasteiger charge is -2.10. The fourth-order valence-electron chi connectivity index (χ4n) is 2.32. The van der Waals surface area contributed by atoms with E-state index in [0.29, 0.717) is 5.56 Å². The average Bonchev–Trinajstić information content (AvgIpc) is 2.83. The van der Waals surface area contributed by atoms with Crippen molar-refractivity contribution < 1.29 is 18.7 Å². The minimum absolute atomic E-state index is 0.0400. The van der Waals surface area contributed by atoms with E-state index in [-0.39, 0.29) is 40.8 Å². The van der Waals surface area contributed by atoms with Crippen LogP contribution in [0.3, 0.4) is 0 Å². The Hall–Kier alpha value is -3.09. The second kappa shape index (κ2) is 5.03. The number of primary amides is 1. The summed E-state index contributed by atoms with van der Waals surface area (Å²) in [5.41, 5.74) is 11.9. The molecule has 22 heavy (non-hydrogen) atoms. The van der Waals surface area contributed by atoms with Crippen LogP contribution >= 0.6 is 0 Å². The van der Waals surface area contributed by atoms with Gasteiger partial charge in [-0.3, -0.25) is 9.59 Å². The van der Waals surface area contributed by atoms with E-state index in [2.05, 4.69) is 5.32 Å². The molecule has 6 nitrogen and oxygen atoms in total. The quantitative estimate of drug-likeness (QED) is 0.747. The highest BCUT2D eigenvalue weighted by Crippen LogP contribution is 2.31. The summed E-state index contributed by atoms with van der Waals surface area (Å²) in [5, 5.41) is 2.60. The van der Waals surface area contributed by atoms with Crippen LogP contribution in [0.15, 0.2) is 30.3 Å². The van der Waals surface area contributed by atoms with Crippen LogP contribution in [0.4, 0.5) is 10.1 Å². The molecule has 2 aromatic rings. The Labute approximate surface area is 124 Å². The fourth-order valence-corrected chi connectivity index (χ4v) is 2.32. The molecule has 7 heteroatoms. The zero-order valence-electron chi connectivity index (χ0n) is 11.4. The first-order chi connectivity index (χ1) is 10.5. The number of hydrogen-bond acceptors (Lipinski definition) is 4. The summed E-state index contributed by atoms with van der Waals surface area (Å²) in [4.78, 5) is 23.2. The molecule has 0 atom stereocenters. The van der Waals surface area contributed by atoms with Crippen molar-refractivity contribution in [2.75, 3.05) is 5.73 Å². The maximum absolute atomic E-state index is 13.8. The molecule has 1 aliphatic rings. The summed E-state index contributed by atoms with van der Waals surface area (Å²) in [7, 11) is 0. The molecule has 0 aliphatic carbocycles. The topological polar surface area (TPSA) is 107 Å². The van der Waals surface area contributed by atoms with Gasteiger partial charge >= 0.3 is 0 Å². The molecule has 2 aromatic carbocycles. The number of fused-ring (bicyclic) bond motifs is 1. The van der Waals surface area contributed by atoms with Crippen LogP contribution in [-0.4, -0.2) is 11.8 Å². The van der Waals surface area contributed by atoms with Crippen LogP contribution in [0, 0.1) is 5.82 Å². The van der Waals surface area contributed by atoms with E-state index in [1.165, 1.54) is 18.2 Å². The highest BCUT2D eigenvalue weighted by atomic mass is 19.1. The molecule has 5 N–H and O–H groups in total. The summed E-state index contributed by atoms with van der Waals surface area (Å²) in [6.45, 7) is 0.260. The fraction of sp³-hybridized carbons (Fsp3) is 0.0667. The lowest BCUT2D eigenvalue weighted by molar-refractivity contribution is 0.0947. The highest BCUT2D eigenvalue weighted by Gasteiger charge is 2.26. The first-order valence-corrected chi connectivity index (χ1v) is 6.43. The zero-order valence-corrected chi connectivity index (χ0v) is 11.4. The molecule has 0 unspecified atom stereocenters. The third kappa shape index (κ3) is 2.32. The third-order valence-electron chi connectivity index (χ3n) is 3.31. The van der Waals surface area contributed by atoms with Crippen molar-refractivity contribution in [3.05, 3.63) is 52.8 Å². The molecule has 0 saturated carbocycles. The summed E-state index contributed by atoms with van der Waals surface area (Å²) in [6.07, 6.45) is 0. The van der Waals surface area contributed by atoms with Crippen molar-refractivity contribution in [3.63, 3.8) is 0 Å². The maximum atomic E-state index is 13.8. The molecule has 0 bridgehead atoms. The first kappa shape index (κ1) is 13.9. The van der Waals surface area contributed by atoms with Gasteiger partial charge in [0.25, 0.3) is 5.91 Å². The Morgan fingerprint density at radius 3 is 2.73 bits per heavy atom. The van der Waals surface area contributed by atoms with Crippen molar-refractivity contribution in [1.82, 2.24) is 5.32 Å². The van der Waals surface area contributed by atoms with E-state index >= 15 is 0 Å². The van der Waals surface area contributed by atoms with Crippen LogP contribution in [0.2, 0.25) is 0 Å². The van der Waals surface area contributed by atoms with Crippen molar-refractivity contribution in [1.29, 1.82) is 0 Å². The molecule has 1 aliphatic heterocycles. The minimum atomic E-state index is -0.753. The second-order valence-electron chi connectivity index (χ2n) is 4.84. The predicted molar refractivity (Wildman–Crippen MR) is 77.0 cm³/mol. The average molecular weight is 301 g/mol. The van der Waals surface area contributed by atoms with Gasteiger partial charge in [0.2, 0.25) is 5.91 Å². The van der Waals surface area contributed by atoms with Gasteiger partial charge < -0.3 is 21.5 Å². The Balaban J connectivity index is 2.04. The monoisotopic (exact) mass is 301 g/mol. The molecular formula is C15H12FN3O3. The van der Waals surface area contributed by atoms with Crippen molar-refractivity contribution in [3.8, 4) is 11.5 Å². The smallest absolute Gasteiger partial charge is 0.252 e. The standard InChI is InChI=1S/C15H12FN3O3/c16-11-4-8(17)1-2-12(11)22-9-3-7-6-19-15(21)13(7)10(5-9)14(18)20/h1-5H,6,17H2,(H2,18,20)(H,19,21). The van der Waals surface area contributed by atoms with Gasteiger partial charge in [0.1, 0.15) is 5.75 Å². The molecule has 2 amide bonds. The molecule has 0 saturated heterocycles. The molecule has 112 valence electrons. The van der Waals surface area contributed by atoms with E-state index in [1.807, 2.05) is 0 Å². The number of benzene rings is 2. The van der Waals surface area contributed by atoms with E-state index in [0.717, 1.165) is 6.07 Å². The van der Waals surface area contributed by atoms with Crippen LogP contribution in [0.5, 0.6) is 11.5 Å². The molecule has 3 rings (SSSR count). The van der Waals surface area contributed by atoms with Crippen LogP contribution in [0.25, 0.3) is 0 Å². The number of nitrogens with two attached hydrogens (primary N) is 2. The number of ether oxygens (including phenoxy) is 1. The Kier molecular flexibility index (Phi) is 3.17. The normalized spacial score (nSPS) is 12.7. The van der Waals surface area contributed by atoms with Crippen molar-refractivity contribution in [2.45, 2.75) is 6.54 Å². The van der Waals surface area contributed by atoms with Gasteiger partial charge in [-0.15, -0.1) is 0 Å². The second-order valence-corrected chi connectivity index (χ2v) is 4.84. The van der Waals surface area contributed by atoms with Crippen molar-refractivity contribution >= 4 is 17.5 Å². The van der Waals surface area contributed by atoms with E-state index < -0.39 is 11.7 Å². The van der Waals surface area contributed by atoms with Gasteiger partial charge in [0, 0.05) is 18.3 Å². The number of nitrogens with one attached hydrogen (secondary N) is 1. The maximum Gasteiger partial charge on any atom is 0.252 e. The van der Waals surface area contributed by atoms with E-state index in [4.69, 9.17) is 16.2 Å². The molecule has 0 spiro atoms. The number of rotatable bonds is 3. The van der Waals surface area contributed by atoms with Crippen molar-refractivity contribution in [2.24, 2.45) is 5.73 Å². The third-order valence-corrected chi connectivity index (χ3v) is 3.31. The van der Waals surface area contributed by atoms with E-state index in [1.54, 1.807) is 6.07 Å². The number of anilines is 1. The first-order valence-electron chi connectivity index (χ1n) is 6.43. The Bertz CT molecular complexity index is 805. The molecular weight excluding hydrogens is 289 g/mol.